The maximum absolute atomic E-state index is 12.0. The third-order valence-electron chi connectivity index (χ3n) is 4.88. The summed E-state index contributed by atoms with van der Waals surface area (Å²) < 4.78 is 7.40. The zero-order valence-electron chi connectivity index (χ0n) is 16.5. The van der Waals surface area contributed by atoms with Crippen LogP contribution in [0.25, 0.3) is 22.4 Å². The van der Waals surface area contributed by atoms with Gasteiger partial charge in [0.05, 0.1) is 0 Å². The van der Waals surface area contributed by atoms with Crippen LogP contribution >= 0.6 is 11.8 Å². The minimum absolute atomic E-state index is 0.110. The number of aromatic hydroxyl groups is 1. The molecule has 6 nitrogen and oxygen atoms in total. The number of aromatic nitrogens is 3. The van der Waals surface area contributed by atoms with Crippen molar-refractivity contribution in [1.29, 1.82) is 0 Å². The number of hydrogen-bond donors (Lipinski definition) is 1. The van der Waals surface area contributed by atoms with Crippen molar-refractivity contribution in [1.82, 2.24) is 14.8 Å². The first-order valence-electron chi connectivity index (χ1n) is 9.36. The minimum atomic E-state index is -0.431. The van der Waals surface area contributed by atoms with Gasteiger partial charge in [-0.2, -0.15) is 0 Å². The van der Waals surface area contributed by atoms with Crippen molar-refractivity contribution in [3.8, 4) is 17.1 Å². The molecule has 1 N–H and O–H groups in total. The zero-order valence-corrected chi connectivity index (χ0v) is 17.3. The summed E-state index contributed by atoms with van der Waals surface area (Å²) in [6.45, 7) is 6.59. The molecule has 0 aliphatic heterocycles. The molecule has 148 valence electrons. The molecule has 4 rings (SSSR count). The first-order chi connectivity index (χ1) is 14.0. The molecule has 0 fully saturated rings. The van der Waals surface area contributed by atoms with Gasteiger partial charge in [0.25, 0.3) is 0 Å². The molecular weight excluding hydrogens is 386 g/mol. The highest BCUT2D eigenvalue weighted by molar-refractivity contribution is 7.98. The van der Waals surface area contributed by atoms with Gasteiger partial charge in [-0.1, -0.05) is 35.5 Å². The van der Waals surface area contributed by atoms with Gasteiger partial charge in [0, 0.05) is 34.9 Å². The second-order valence-electron chi connectivity index (χ2n) is 6.89. The van der Waals surface area contributed by atoms with Gasteiger partial charge in [0.1, 0.15) is 11.3 Å². The lowest BCUT2D eigenvalue weighted by molar-refractivity contribution is 0.468. The van der Waals surface area contributed by atoms with Crippen molar-refractivity contribution in [3.05, 3.63) is 69.6 Å². The van der Waals surface area contributed by atoms with Gasteiger partial charge in [-0.25, -0.2) is 4.79 Å². The normalized spacial score (nSPS) is 11.3. The lowest BCUT2D eigenvalue weighted by atomic mass is 10.1. The Kier molecular flexibility index (Phi) is 5.15. The topological polar surface area (TPSA) is 81.2 Å². The first kappa shape index (κ1) is 19.3. The van der Waals surface area contributed by atoms with E-state index in [1.807, 2.05) is 12.1 Å². The summed E-state index contributed by atoms with van der Waals surface area (Å²) in [5.41, 5.74) is 3.59. The number of fused-ring (bicyclic) bond motifs is 1. The van der Waals surface area contributed by atoms with Crippen molar-refractivity contribution in [2.75, 3.05) is 0 Å². The Balaban J connectivity index is 1.68. The molecule has 2 heterocycles. The SMILES string of the molecule is CCn1c(SCc2cc(=O)oc3c(C)c(O)ccc23)nnc1-c1cccc(C)c1. The summed E-state index contributed by atoms with van der Waals surface area (Å²) in [4.78, 5) is 12.0. The fourth-order valence-corrected chi connectivity index (χ4v) is 4.35. The average Bonchev–Trinajstić information content (AvgIpc) is 3.12. The number of phenolic OH excluding ortho intramolecular Hbond substituents is 1. The predicted molar refractivity (Wildman–Crippen MR) is 114 cm³/mol. The van der Waals surface area contributed by atoms with Crippen LogP contribution < -0.4 is 5.63 Å². The molecule has 0 atom stereocenters. The van der Waals surface area contributed by atoms with Crippen molar-refractivity contribution in [2.45, 2.75) is 38.2 Å². The molecule has 0 saturated carbocycles. The summed E-state index contributed by atoms with van der Waals surface area (Å²) >= 11 is 1.52. The van der Waals surface area contributed by atoms with Crippen molar-refractivity contribution < 1.29 is 9.52 Å². The molecule has 4 aromatic rings. The van der Waals surface area contributed by atoms with Gasteiger partial charge in [0.15, 0.2) is 11.0 Å². The number of hydrogen-bond acceptors (Lipinski definition) is 6. The third kappa shape index (κ3) is 3.65. The van der Waals surface area contributed by atoms with Crippen LogP contribution in [0.1, 0.15) is 23.6 Å². The maximum atomic E-state index is 12.0. The second-order valence-corrected chi connectivity index (χ2v) is 7.83. The Morgan fingerprint density at radius 2 is 1.97 bits per heavy atom. The van der Waals surface area contributed by atoms with Crippen LogP contribution in [0.3, 0.4) is 0 Å². The van der Waals surface area contributed by atoms with E-state index in [-0.39, 0.29) is 5.75 Å². The van der Waals surface area contributed by atoms with Crippen LogP contribution in [0.5, 0.6) is 5.75 Å². The Morgan fingerprint density at radius 1 is 1.14 bits per heavy atom. The molecule has 0 unspecified atom stereocenters. The zero-order chi connectivity index (χ0) is 20.5. The number of thioether (sulfide) groups is 1. The molecule has 0 aliphatic rings. The highest BCUT2D eigenvalue weighted by atomic mass is 32.2. The molecule has 0 saturated heterocycles. The molecule has 0 bridgehead atoms. The Labute approximate surface area is 172 Å². The average molecular weight is 407 g/mol. The molecule has 0 aliphatic carbocycles. The summed E-state index contributed by atoms with van der Waals surface area (Å²) in [6, 6.07) is 13.1. The lowest BCUT2D eigenvalue weighted by Crippen LogP contribution is -2.02. The fourth-order valence-electron chi connectivity index (χ4n) is 3.36. The fraction of sp³-hybridized carbons (Fsp3) is 0.227. The molecule has 0 radical (unpaired) electrons. The van der Waals surface area contributed by atoms with Gasteiger partial charge in [-0.3, -0.25) is 0 Å². The van der Waals surface area contributed by atoms with Gasteiger partial charge in [0.2, 0.25) is 0 Å². The van der Waals surface area contributed by atoms with Crippen molar-refractivity contribution in [2.24, 2.45) is 0 Å². The molecule has 2 aromatic carbocycles. The number of rotatable bonds is 5. The van der Waals surface area contributed by atoms with Crippen LogP contribution in [-0.2, 0) is 12.3 Å². The van der Waals surface area contributed by atoms with Crippen LogP contribution in [0, 0.1) is 13.8 Å². The number of benzene rings is 2. The molecular formula is C22H21N3O3S. The van der Waals surface area contributed by atoms with E-state index in [1.54, 1.807) is 19.1 Å². The van der Waals surface area contributed by atoms with Gasteiger partial charge < -0.3 is 14.1 Å². The van der Waals surface area contributed by atoms with E-state index in [0.29, 0.717) is 16.9 Å². The van der Waals surface area contributed by atoms with E-state index < -0.39 is 5.63 Å². The summed E-state index contributed by atoms with van der Waals surface area (Å²) in [5.74, 6) is 1.48. The van der Waals surface area contributed by atoms with E-state index in [4.69, 9.17) is 4.42 Å². The Hall–Kier alpha value is -3.06. The quantitative estimate of drug-likeness (QED) is 0.382. The van der Waals surface area contributed by atoms with Crippen molar-refractivity contribution >= 4 is 22.7 Å². The summed E-state index contributed by atoms with van der Waals surface area (Å²) in [5, 5.41) is 20.3. The largest absolute Gasteiger partial charge is 0.508 e. The van der Waals surface area contributed by atoms with E-state index in [2.05, 4.69) is 40.7 Å². The van der Waals surface area contributed by atoms with Crippen LogP contribution in [0.15, 0.2) is 56.8 Å². The standard InChI is InChI=1S/C22H21N3O3S/c1-4-25-21(15-7-5-6-13(2)10-15)23-24-22(25)29-12-16-11-19(27)28-20-14(3)18(26)9-8-17(16)20/h5-11,26H,4,12H2,1-3H3. The summed E-state index contributed by atoms with van der Waals surface area (Å²) in [7, 11) is 0. The van der Waals surface area contributed by atoms with Crippen molar-refractivity contribution in [3.63, 3.8) is 0 Å². The van der Waals surface area contributed by atoms with Gasteiger partial charge in [-0.05, 0) is 44.5 Å². The van der Waals surface area contributed by atoms with E-state index in [0.717, 1.165) is 34.0 Å². The third-order valence-corrected chi connectivity index (χ3v) is 5.90. The number of aryl methyl sites for hydroxylation is 2. The maximum Gasteiger partial charge on any atom is 0.336 e. The smallest absolute Gasteiger partial charge is 0.336 e. The Morgan fingerprint density at radius 3 is 2.72 bits per heavy atom. The van der Waals surface area contributed by atoms with E-state index >= 15 is 0 Å². The Bertz CT molecular complexity index is 1260. The minimum Gasteiger partial charge on any atom is -0.508 e. The highest BCUT2D eigenvalue weighted by Gasteiger charge is 2.15. The number of phenols is 1. The molecule has 0 amide bonds. The highest BCUT2D eigenvalue weighted by Crippen LogP contribution is 2.31. The van der Waals surface area contributed by atoms with Gasteiger partial charge in [-0.15, -0.1) is 10.2 Å². The molecule has 0 spiro atoms. The monoisotopic (exact) mass is 407 g/mol. The van der Waals surface area contributed by atoms with Crippen LogP contribution in [0.2, 0.25) is 0 Å². The first-order valence-corrected chi connectivity index (χ1v) is 10.3. The van der Waals surface area contributed by atoms with Gasteiger partial charge >= 0.3 is 5.63 Å². The van der Waals surface area contributed by atoms with Crippen LogP contribution in [0.4, 0.5) is 0 Å². The number of nitrogens with zero attached hydrogens (tertiary/aromatic N) is 3. The molecule has 29 heavy (non-hydrogen) atoms. The summed E-state index contributed by atoms with van der Waals surface area (Å²) in [6.07, 6.45) is 0. The predicted octanol–water partition coefficient (Wildman–Crippen LogP) is 4.69. The van der Waals surface area contributed by atoms with E-state index in [9.17, 15) is 9.90 Å². The van der Waals surface area contributed by atoms with Crippen LogP contribution in [-0.4, -0.2) is 19.9 Å². The molecule has 7 heteroatoms. The lowest BCUT2D eigenvalue weighted by Gasteiger charge is -2.10. The molecule has 2 aromatic heterocycles. The van der Waals surface area contributed by atoms with E-state index in [1.165, 1.54) is 23.4 Å². The second kappa shape index (κ2) is 7.75.